The predicted molar refractivity (Wildman–Crippen MR) is 91.8 cm³/mol. The van der Waals surface area contributed by atoms with Crippen LogP contribution < -0.4 is 10.1 Å². The normalized spacial score (nSPS) is 16.5. The van der Waals surface area contributed by atoms with E-state index < -0.39 is 0 Å². The monoisotopic (exact) mass is 309 g/mol. The minimum atomic E-state index is 0.0817. The van der Waals surface area contributed by atoms with Gasteiger partial charge in [0.05, 0.1) is 13.5 Å². The van der Waals surface area contributed by atoms with Gasteiger partial charge in [0, 0.05) is 12.5 Å². The van der Waals surface area contributed by atoms with Crippen LogP contribution in [0.2, 0.25) is 0 Å². The topological polar surface area (TPSA) is 38.3 Å². The van der Waals surface area contributed by atoms with E-state index in [0.717, 1.165) is 30.7 Å². The maximum absolute atomic E-state index is 12.2. The molecule has 0 fully saturated rings. The van der Waals surface area contributed by atoms with Gasteiger partial charge in [0.25, 0.3) is 0 Å². The molecule has 120 valence electrons. The van der Waals surface area contributed by atoms with Crippen LogP contribution in [0.4, 0.5) is 0 Å². The number of hydrogen-bond acceptors (Lipinski definition) is 2. The summed E-state index contributed by atoms with van der Waals surface area (Å²) in [6.07, 6.45) is 3.93. The number of aryl methyl sites for hydroxylation is 1. The molecule has 0 saturated heterocycles. The van der Waals surface area contributed by atoms with Gasteiger partial charge in [0.1, 0.15) is 5.75 Å². The molecule has 3 heteroatoms. The first-order valence-corrected chi connectivity index (χ1v) is 8.23. The number of fused-ring (bicyclic) bond motifs is 1. The van der Waals surface area contributed by atoms with Gasteiger partial charge < -0.3 is 10.1 Å². The van der Waals surface area contributed by atoms with Gasteiger partial charge in [-0.05, 0) is 48.1 Å². The van der Waals surface area contributed by atoms with Crippen LogP contribution in [0.3, 0.4) is 0 Å². The Bertz CT molecular complexity index is 664. The molecule has 1 aliphatic carbocycles. The molecule has 2 aromatic rings. The quantitative estimate of drug-likeness (QED) is 0.918. The Labute approximate surface area is 137 Å². The van der Waals surface area contributed by atoms with Gasteiger partial charge in [-0.2, -0.15) is 0 Å². The molecule has 3 nitrogen and oxygen atoms in total. The van der Waals surface area contributed by atoms with Crippen LogP contribution in [0.1, 0.15) is 35.4 Å². The number of carbonyl (C=O) groups is 1. The SMILES string of the molecule is COc1ccc(CC(=O)NCC2CCCc3ccccc32)cc1. The van der Waals surface area contributed by atoms with Crippen molar-refractivity contribution in [3.8, 4) is 5.75 Å². The molecule has 0 saturated carbocycles. The van der Waals surface area contributed by atoms with Crippen molar-refractivity contribution in [2.75, 3.05) is 13.7 Å². The fourth-order valence-corrected chi connectivity index (χ4v) is 3.29. The van der Waals surface area contributed by atoms with Gasteiger partial charge in [-0.25, -0.2) is 0 Å². The highest BCUT2D eigenvalue weighted by molar-refractivity contribution is 5.78. The van der Waals surface area contributed by atoms with E-state index >= 15 is 0 Å². The molecule has 0 aliphatic heterocycles. The second-order valence-electron chi connectivity index (χ2n) is 6.12. The minimum Gasteiger partial charge on any atom is -0.497 e. The van der Waals surface area contributed by atoms with Crippen LogP contribution in [0, 0.1) is 0 Å². The van der Waals surface area contributed by atoms with E-state index in [-0.39, 0.29) is 5.91 Å². The Kier molecular flexibility index (Phi) is 4.96. The van der Waals surface area contributed by atoms with Crippen LogP contribution in [-0.4, -0.2) is 19.6 Å². The van der Waals surface area contributed by atoms with E-state index in [2.05, 4.69) is 29.6 Å². The highest BCUT2D eigenvalue weighted by atomic mass is 16.5. The van der Waals surface area contributed by atoms with Gasteiger partial charge in [-0.3, -0.25) is 4.79 Å². The maximum Gasteiger partial charge on any atom is 0.224 e. The molecule has 0 radical (unpaired) electrons. The van der Waals surface area contributed by atoms with Crippen molar-refractivity contribution in [2.45, 2.75) is 31.6 Å². The molecule has 0 aromatic heterocycles. The van der Waals surface area contributed by atoms with E-state index in [0.29, 0.717) is 12.3 Å². The van der Waals surface area contributed by atoms with Gasteiger partial charge in [-0.15, -0.1) is 0 Å². The molecule has 3 rings (SSSR count). The number of methoxy groups -OCH3 is 1. The molecule has 0 spiro atoms. The predicted octanol–water partition coefficient (Wildman–Crippen LogP) is 3.47. The first-order chi connectivity index (χ1) is 11.3. The van der Waals surface area contributed by atoms with E-state index in [1.807, 2.05) is 24.3 Å². The second kappa shape index (κ2) is 7.32. The highest BCUT2D eigenvalue weighted by Gasteiger charge is 2.20. The average Bonchev–Trinajstić information content (AvgIpc) is 2.60. The molecule has 1 unspecified atom stereocenters. The van der Waals surface area contributed by atoms with Gasteiger partial charge in [-0.1, -0.05) is 36.4 Å². The van der Waals surface area contributed by atoms with Crippen molar-refractivity contribution in [3.05, 3.63) is 65.2 Å². The number of amides is 1. The maximum atomic E-state index is 12.2. The minimum absolute atomic E-state index is 0.0817. The number of rotatable bonds is 5. The molecular weight excluding hydrogens is 286 g/mol. The van der Waals surface area contributed by atoms with Crippen molar-refractivity contribution in [2.24, 2.45) is 0 Å². The molecule has 0 heterocycles. The van der Waals surface area contributed by atoms with E-state index in [1.54, 1.807) is 7.11 Å². The number of ether oxygens (including phenoxy) is 1. The zero-order valence-electron chi connectivity index (χ0n) is 13.5. The summed E-state index contributed by atoms with van der Waals surface area (Å²) >= 11 is 0. The molecule has 0 bridgehead atoms. The van der Waals surface area contributed by atoms with Crippen molar-refractivity contribution >= 4 is 5.91 Å². The summed E-state index contributed by atoms with van der Waals surface area (Å²) in [6.45, 7) is 0.728. The van der Waals surface area contributed by atoms with Crippen molar-refractivity contribution in [3.63, 3.8) is 0 Å². The summed E-state index contributed by atoms with van der Waals surface area (Å²) in [5.41, 5.74) is 3.85. The number of benzene rings is 2. The summed E-state index contributed by atoms with van der Waals surface area (Å²) in [7, 11) is 1.64. The summed E-state index contributed by atoms with van der Waals surface area (Å²) < 4.78 is 5.13. The molecular formula is C20H23NO2. The zero-order valence-corrected chi connectivity index (χ0v) is 13.5. The van der Waals surface area contributed by atoms with E-state index in [9.17, 15) is 4.79 Å². The fraction of sp³-hybridized carbons (Fsp3) is 0.350. The number of nitrogens with one attached hydrogen (secondary N) is 1. The molecule has 1 aliphatic rings. The molecule has 23 heavy (non-hydrogen) atoms. The van der Waals surface area contributed by atoms with Crippen LogP contribution in [-0.2, 0) is 17.6 Å². The van der Waals surface area contributed by atoms with Gasteiger partial charge in [0.15, 0.2) is 0 Å². The van der Waals surface area contributed by atoms with Gasteiger partial charge >= 0.3 is 0 Å². The molecule has 1 atom stereocenters. The summed E-state index contributed by atoms with van der Waals surface area (Å²) in [5.74, 6) is 1.34. The van der Waals surface area contributed by atoms with Crippen molar-refractivity contribution in [1.29, 1.82) is 0 Å². The summed E-state index contributed by atoms with van der Waals surface area (Å²) in [6, 6.07) is 16.3. The average molecular weight is 309 g/mol. The van der Waals surface area contributed by atoms with Gasteiger partial charge in [0.2, 0.25) is 5.91 Å². The third-order valence-electron chi connectivity index (χ3n) is 4.56. The number of carbonyl (C=O) groups excluding carboxylic acids is 1. The van der Waals surface area contributed by atoms with Crippen molar-refractivity contribution < 1.29 is 9.53 Å². The third-order valence-corrected chi connectivity index (χ3v) is 4.56. The van der Waals surface area contributed by atoms with Crippen LogP contribution in [0.5, 0.6) is 5.75 Å². The summed E-state index contributed by atoms with van der Waals surface area (Å²) in [5, 5.41) is 3.10. The first kappa shape index (κ1) is 15.6. The Morgan fingerprint density at radius 3 is 2.74 bits per heavy atom. The van der Waals surface area contributed by atoms with Crippen LogP contribution >= 0.6 is 0 Å². The first-order valence-electron chi connectivity index (χ1n) is 8.23. The zero-order chi connectivity index (χ0) is 16.1. The number of hydrogen-bond donors (Lipinski definition) is 1. The fourth-order valence-electron chi connectivity index (χ4n) is 3.29. The third kappa shape index (κ3) is 3.92. The Balaban J connectivity index is 1.55. The standard InChI is InChI=1S/C20H23NO2/c1-23-18-11-9-15(10-12-18)13-20(22)21-14-17-7-4-6-16-5-2-3-8-19(16)17/h2-3,5,8-12,17H,4,6-7,13-14H2,1H3,(H,21,22). The lowest BCUT2D eigenvalue weighted by Gasteiger charge is -2.25. The Morgan fingerprint density at radius 2 is 1.96 bits per heavy atom. The Hall–Kier alpha value is -2.29. The molecule has 1 amide bonds. The Morgan fingerprint density at radius 1 is 1.17 bits per heavy atom. The summed E-state index contributed by atoms with van der Waals surface area (Å²) in [4.78, 5) is 12.2. The lowest BCUT2D eigenvalue weighted by molar-refractivity contribution is -0.120. The highest BCUT2D eigenvalue weighted by Crippen LogP contribution is 2.30. The lowest BCUT2D eigenvalue weighted by atomic mass is 9.83. The smallest absolute Gasteiger partial charge is 0.224 e. The lowest BCUT2D eigenvalue weighted by Crippen LogP contribution is -2.31. The molecule has 1 N–H and O–H groups in total. The molecule has 2 aromatic carbocycles. The van der Waals surface area contributed by atoms with E-state index in [4.69, 9.17) is 4.74 Å². The second-order valence-corrected chi connectivity index (χ2v) is 6.12. The van der Waals surface area contributed by atoms with Crippen LogP contribution in [0.15, 0.2) is 48.5 Å². The van der Waals surface area contributed by atoms with E-state index in [1.165, 1.54) is 17.5 Å². The largest absolute Gasteiger partial charge is 0.497 e. The van der Waals surface area contributed by atoms with Crippen molar-refractivity contribution in [1.82, 2.24) is 5.32 Å². The van der Waals surface area contributed by atoms with Crippen LogP contribution in [0.25, 0.3) is 0 Å².